The average molecular weight is 658 g/mol. The van der Waals surface area contributed by atoms with Crippen LogP contribution in [0.4, 0.5) is 10.5 Å². The number of para-hydroxylation sites is 1. The number of hydrogen-bond donors (Lipinski definition) is 1. The Bertz CT molecular complexity index is 1450. The molecule has 1 heterocycles. The number of hydrogen-bond acceptors (Lipinski definition) is 7. The SMILES string of the molecule is COC(CN(C(=O)CCOCCc1cccc(CN2CC3CC(OC(=O)Nc4ccccc4-c4ccccc4)C[C@H]3C2)c1)C(C)C)OC. The highest BCUT2D eigenvalue weighted by Gasteiger charge is 2.42. The largest absolute Gasteiger partial charge is 0.446 e. The second-order valence-corrected chi connectivity index (χ2v) is 13.2. The monoisotopic (exact) mass is 657 g/mol. The van der Waals surface area contributed by atoms with Crippen molar-refractivity contribution >= 4 is 17.7 Å². The molecule has 0 spiro atoms. The molecule has 1 aliphatic carbocycles. The summed E-state index contributed by atoms with van der Waals surface area (Å²) in [7, 11) is 3.16. The Hall–Kier alpha value is -3.76. The number of carbonyl (C=O) groups excluding carboxylic acids is 2. The molecular weight excluding hydrogens is 606 g/mol. The zero-order valence-corrected chi connectivity index (χ0v) is 28.8. The van der Waals surface area contributed by atoms with Gasteiger partial charge < -0.3 is 23.8 Å². The predicted molar refractivity (Wildman–Crippen MR) is 187 cm³/mol. The number of rotatable bonds is 16. The van der Waals surface area contributed by atoms with Crippen molar-refractivity contribution in [3.05, 3.63) is 90.0 Å². The number of methoxy groups -OCH3 is 2. The van der Waals surface area contributed by atoms with Crippen LogP contribution < -0.4 is 5.32 Å². The molecule has 2 amide bonds. The fourth-order valence-electron chi connectivity index (χ4n) is 7.06. The summed E-state index contributed by atoms with van der Waals surface area (Å²) in [5.41, 5.74) is 5.32. The van der Waals surface area contributed by atoms with Gasteiger partial charge in [0.05, 0.1) is 31.9 Å². The van der Waals surface area contributed by atoms with E-state index in [2.05, 4.69) is 34.5 Å². The molecule has 258 valence electrons. The lowest BCUT2D eigenvalue weighted by atomic mass is 10.0. The Morgan fingerprint density at radius 3 is 2.27 bits per heavy atom. The highest BCUT2D eigenvalue weighted by atomic mass is 16.7. The summed E-state index contributed by atoms with van der Waals surface area (Å²) < 4.78 is 22.3. The molecule has 3 aromatic carbocycles. The molecule has 2 unspecified atom stereocenters. The number of fused-ring (bicyclic) bond motifs is 1. The van der Waals surface area contributed by atoms with Gasteiger partial charge >= 0.3 is 6.09 Å². The predicted octanol–water partition coefficient (Wildman–Crippen LogP) is 6.62. The maximum Gasteiger partial charge on any atom is 0.411 e. The molecule has 9 nitrogen and oxygen atoms in total. The number of nitrogens with zero attached hydrogens (tertiary/aromatic N) is 2. The number of likely N-dealkylation sites (tertiary alicyclic amines) is 1. The molecule has 0 bridgehead atoms. The second-order valence-electron chi connectivity index (χ2n) is 13.2. The quantitative estimate of drug-likeness (QED) is 0.137. The number of amides is 2. The molecule has 9 heteroatoms. The van der Waals surface area contributed by atoms with Crippen LogP contribution in [0.25, 0.3) is 11.1 Å². The van der Waals surface area contributed by atoms with Gasteiger partial charge in [-0.25, -0.2) is 4.79 Å². The molecule has 2 aliphatic rings. The summed E-state index contributed by atoms with van der Waals surface area (Å²) in [5, 5.41) is 2.99. The van der Waals surface area contributed by atoms with Crippen LogP contribution in [0.2, 0.25) is 0 Å². The van der Waals surface area contributed by atoms with Crippen molar-refractivity contribution in [2.24, 2.45) is 11.8 Å². The Morgan fingerprint density at radius 2 is 1.56 bits per heavy atom. The zero-order chi connectivity index (χ0) is 33.9. The third-order valence-electron chi connectivity index (χ3n) is 9.51. The lowest BCUT2D eigenvalue weighted by molar-refractivity contribution is -0.149. The summed E-state index contributed by atoms with van der Waals surface area (Å²) >= 11 is 0. The molecule has 2 fully saturated rings. The van der Waals surface area contributed by atoms with E-state index in [1.807, 2.05) is 68.4 Å². The van der Waals surface area contributed by atoms with Gasteiger partial charge in [0.1, 0.15) is 6.10 Å². The molecule has 5 rings (SSSR count). The van der Waals surface area contributed by atoms with E-state index in [-0.39, 0.29) is 24.1 Å². The highest BCUT2D eigenvalue weighted by molar-refractivity contribution is 5.91. The zero-order valence-electron chi connectivity index (χ0n) is 28.8. The third-order valence-corrected chi connectivity index (χ3v) is 9.51. The average Bonchev–Trinajstić information content (AvgIpc) is 3.63. The van der Waals surface area contributed by atoms with Gasteiger partial charge in [0, 0.05) is 45.5 Å². The molecule has 3 atom stereocenters. The fourth-order valence-corrected chi connectivity index (χ4v) is 7.06. The van der Waals surface area contributed by atoms with Gasteiger partial charge in [-0.1, -0.05) is 72.8 Å². The van der Waals surface area contributed by atoms with E-state index in [1.165, 1.54) is 11.1 Å². The summed E-state index contributed by atoms with van der Waals surface area (Å²) in [6, 6.07) is 26.7. The van der Waals surface area contributed by atoms with E-state index in [9.17, 15) is 9.59 Å². The number of carbonyl (C=O) groups is 2. The van der Waals surface area contributed by atoms with Crippen molar-refractivity contribution in [3.63, 3.8) is 0 Å². The Morgan fingerprint density at radius 1 is 0.875 bits per heavy atom. The van der Waals surface area contributed by atoms with Gasteiger partial charge in [-0.15, -0.1) is 0 Å². The maximum absolute atomic E-state index is 12.9. The van der Waals surface area contributed by atoms with E-state index in [4.69, 9.17) is 18.9 Å². The molecule has 1 aliphatic heterocycles. The minimum Gasteiger partial charge on any atom is -0.446 e. The van der Waals surface area contributed by atoms with E-state index >= 15 is 0 Å². The van der Waals surface area contributed by atoms with Gasteiger partial charge in [0.25, 0.3) is 0 Å². The first-order chi connectivity index (χ1) is 23.3. The standard InChI is InChI=1S/C39H51N3O6/c1-28(2)42(27-38(45-3)46-4)37(43)18-20-47-19-17-29-11-10-12-30(21-29)24-41-25-32-22-34(23-33(32)26-41)48-39(44)40-36-16-9-8-15-35(36)31-13-6-5-7-14-31/h5-16,21,28,32-34,38H,17-20,22-27H2,1-4H3,(H,40,44)/t32-,33?,34?/m0/s1. The minimum atomic E-state index is -0.441. The van der Waals surface area contributed by atoms with Gasteiger partial charge in [0.2, 0.25) is 5.91 Å². The number of benzene rings is 3. The Balaban J connectivity index is 1.01. The van der Waals surface area contributed by atoms with Crippen LogP contribution in [0.5, 0.6) is 0 Å². The Labute approximate surface area is 285 Å². The van der Waals surface area contributed by atoms with Crippen LogP contribution in [-0.4, -0.2) is 87.3 Å². The van der Waals surface area contributed by atoms with Crippen LogP contribution in [-0.2, 0) is 36.7 Å². The smallest absolute Gasteiger partial charge is 0.411 e. The molecule has 1 saturated carbocycles. The molecule has 3 aromatic rings. The van der Waals surface area contributed by atoms with E-state index in [1.54, 1.807) is 19.1 Å². The summed E-state index contributed by atoms with van der Waals surface area (Å²) in [6.45, 7) is 8.28. The second kappa shape index (κ2) is 17.6. The summed E-state index contributed by atoms with van der Waals surface area (Å²) in [4.78, 5) is 29.9. The lowest BCUT2D eigenvalue weighted by Crippen LogP contribution is -2.43. The van der Waals surface area contributed by atoms with Crippen LogP contribution in [0.1, 0.15) is 44.2 Å². The molecule has 0 aromatic heterocycles. The van der Waals surface area contributed by atoms with Crippen molar-refractivity contribution in [2.75, 3.05) is 52.4 Å². The summed E-state index contributed by atoms with van der Waals surface area (Å²) in [5.74, 6) is 1.12. The van der Waals surface area contributed by atoms with E-state index in [0.29, 0.717) is 38.0 Å². The van der Waals surface area contributed by atoms with Gasteiger partial charge in [-0.05, 0) is 67.7 Å². The highest BCUT2D eigenvalue weighted by Crippen LogP contribution is 2.40. The van der Waals surface area contributed by atoms with Crippen molar-refractivity contribution in [1.82, 2.24) is 9.80 Å². The number of ether oxygens (including phenoxy) is 4. The van der Waals surface area contributed by atoms with Crippen molar-refractivity contribution in [1.29, 1.82) is 0 Å². The molecule has 48 heavy (non-hydrogen) atoms. The summed E-state index contributed by atoms with van der Waals surface area (Å²) in [6.07, 6.45) is 2.07. The Kier molecular flexibility index (Phi) is 13.0. The van der Waals surface area contributed by atoms with Gasteiger partial charge in [0.15, 0.2) is 6.29 Å². The fraction of sp³-hybridized carbons (Fsp3) is 0.487. The molecule has 0 radical (unpaired) electrons. The van der Waals surface area contributed by atoms with Crippen molar-refractivity contribution < 1.29 is 28.5 Å². The van der Waals surface area contributed by atoms with Crippen LogP contribution >= 0.6 is 0 Å². The molecule has 1 saturated heterocycles. The van der Waals surface area contributed by atoms with Crippen LogP contribution in [0, 0.1) is 11.8 Å². The lowest BCUT2D eigenvalue weighted by Gasteiger charge is -2.29. The van der Waals surface area contributed by atoms with Crippen LogP contribution in [0.15, 0.2) is 78.9 Å². The minimum absolute atomic E-state index is 0.0345. The first-order valence-corrected chi connectivity index (χ1v) is 17.2. The van der Waals surface area contributed by atoms with Crippen molar-refractivity contribution in [3.8, 4) is 11.1 Å². The molecular formula is C39H51N3O6. The van der Waals surface area contributed by atoms with E-state index < -0.39 is 6.29 Å². The normalized spacial score (nSPS) is 19.1. The van der Waals surface area contributed by atoms with Gasteiger partial charge in [-0.3, -0.25) is 15.0 Å². The maximum atomic E-state index is 12.9. The molecule has 1 N–H and O–H groups in total. The number of nitrogens with one attached hydrogen (secondary N) is 1. The first kappa shape index (κ1) is 35.5. The topological polar surface area (TPSA) is 89.6 Å². The third kappa shape index (κ3) is 9.89. The van der Waals surface area contributed by atoms with Crippen LogP contribution in [0.3, 0.4) is 0 Å². The van der Waals surface area contributed by atoms with E-state index in [0.717, 1.165) is 55.7 Å². The van der Waals surface area contributed by atoms with Gasteiger partial charge in [-0.2, -0.15) is 0 Å². The van der Waals surface area contributed by atoms with Crippen molar-refractivity contribution in [2.45, 2.75) is 64.5 Å². The number of anilines is 1. The first-order valence-electron chi connectivity index (χ1n) is 17.2.